The van der Waals surface area contributed by atoms with E-state index in [2.05, 4.69) is 6.92 Å². The maximum Gasteiger partial charge on any atom is 0.0785 e. The second-order valence-corrected chi connectivity index (χ2v) is 3.98. The molecule has 0 aliphatic carbocycles. The third-order valence-electron chi connectivity index (χ3n) is 2.09. The molecule has 0 fully saturated rings. The van der Waals surface area contributed by atoms with Gasteiger partial charge in [0.25, 0.3) is 0 Å². The molecule has 0 aliphatic rings. The molecule has 0 aromatic heterocycles. The van der Waals surface area contributed by atoms with Gasteiger partial charge in [-0.1, -0.05) is 13.3 Å². The topological polar surface area (TPSA) is 47.9 Å². The van der Waals surface area contributed by atoms with Crippen molar-refractivity contribution < 1.29 is 19.3 Å². The minimum absolute atomic E-state index is 0.0118. The Bertz CT molecular complexity index is 141. The van der Waals surface area contributed by atoms with Gasteiger partial charge in [-0.3, -0.25) is 0 Å². The molecular formula is C12H26O4. The van der Waals surface area contributed by atoms with E-state index in [1.54, 1.807) is 0 Å². The van der Waals surface area contributed by atoms with Crippen molar-refractivity contribution in [2.75, 3.05) is 33.0 Å². The molecule has 98 valence electrons. The van der Waals surface area contributed by atoms with E-state index >= 15 is 0 Å². The molecule has 0 aromatic carbocycles. The normalized spacial score (nSPS) is 15.0. The van der Waals surface area contributed by atoms with Crippen molar-refractivity contribution in [2.45, 2.75) is 45.8 Å². The van der Waals surface area contributed by atoms with E-state index in [1.807, 2.05) is 13.8 Å². The van der Waals surface area contributed by atoms with E-state index in [9.17, 15) is 0 Å². The second-order valence-electron chi connectivity index (χ2n) is 3.98. The van der Waals surface area contributed by atoms with Crippen molar-refractivity contribution in [3.05, 3.63) is 0 Å². The lowest BCUT2D eigenvalue weighted by molar-refractivity contribution is -0.0648. The average molecular weight is 234 g/mol. The smallest absolute Gasteiger partial charge is 0.0785 e. The summed E-state index contributed by atoms with van der Waals surface area (Å²) in [5.74, 6) is 0. The van der Waals surface area contributed by atoms with Gasteiger partial charge < -0.3 is 19.3 Å². The first-order chi connectivity index (χ1) is 7.70. The van der Waals surface area contributed by atoms with Crippen LogP contribution in [0.5, 0.6) is 0 Å². The fraction of sp³-hybridized carbons (Fsp3) is 1.00. The summed E-state index contributed by atoms with van der Waals surface area (Å²) in [4.78, 5) is 0. The van der Waals surface area contributed by atoms with E-state index in [1.165, 1.54) is 0 Å². The van der Waals surface area contributed by atoms with Crippen molar-refractivity contribution in [2.24, 2.45) is 0 Å². The van der Waals surface area contributed by atoms with E-state index in [0.29, 0.717) is 19.8 Å². The summed E-state index contributed by atoms with van der Waals surface area (Å²) in [6, 6.07) is 0. The first-order valence-electron chi connectivity index (χ1n) is 6.12. The summed E-state index contributed by atoms with van der Waals surface area (Å²) >= 11 is 0. The van der Waals surface area contributed by atoms with Gasteiger partial charge in [0, 0.05) is 6.61 Å². The molecule has 0 rings (SSSR count). The van der Waals surface area contributed by atoms with Crippen LogP contribution in [-0.4, -0.2) is 50.3 Å². The van der Waals surface area contributed by atoms with Crippen LogP contribution in [0.2, 0.25) is 0 Å². The van der Waals surface area contributed by atoms with Gasteiger partial charge in [0.1, 0.15) is 0 Å². The molecule has 0 spiro atoms. The first-order valence-corrected chi connectivity index (χ1v) is 6.12. The Kier molecular flexibility index (Phi) is 11.2. The molecule has 2 atom stereocenters. The molecule has 4 heteroatoms. The zero-order valence-corrected chi connectivity index (χ0v) is 10.8. The number of ether oxygens (including phenoxy) is 3. The molecule has 0 saturated heterocycles. The largest absolute Gasteiger partial charge is 0.394 e. The second kappa shape index (κ2) is 11.3. The molecule has 4 nitrogen and oxygen atoms in total. The fourth-order valence-electron chi connectivity index (χ4n) is 1.19. The Morgan fingerprint density at radius 2 is 1.69 bits per heavy atom. The van der Waals surface area contributed by atoms with E-state index < -0.39 is 0 Å². The number of hydrogen-bond donors (Lipinski definition) is 1. The van der Waals surface area contributed by atoms with Crippen LogP contribution in [0, 0.1) is 0 Å². The average Bonchev–Trinajstić information content (AvgIpc) is 2.27. The lowest BCUT2D eigenvalue weighted by Crippen LogP contribution is -2.24. The zero-order valence-electron chi connectivity index (χ0n) is 10.8. The Labute approximate surface area is 98.9 Å². The highest BCUT2D eigenvalue weighted by atomic mass is 16.6. The molecule has 0 saturated carbocycles. The van der Waals surface area contributed by atoms with Crippen LogP contribution >= 0.6 is 0 Å². The standard InChI is InChI=1S/C12H26O4/c1-4-5-6-14-7-8-15-10-12(3)16-11(2)9-13/h11-13H,4-10H2,1-3H3. The molecular weight excluding hydrogens is 208 g/mol. The summed E-state index contributed by atoms with van der Waals surface area (Å²) in [6.45, 7) is 8.56. The van der Waals surface area contributed by atoms with Gasteiger partial charge in [-0.15, -0.1) is 0 Å². The Morgan fingerprint density at radius 1 is 1.00 bits per heavy atom. The van der Waals surface area contributed by atoms with Gasteiger partial charge in [-0.05, 0) is 20.3 Å². The van der Waals surface area contributed by atoms with Crippen molar-refractivity contribution in [3.63, 3.8) is 0 Å². The Hall–Kier alpha value is -0.160. The van der Waals surface area contributed by atoms with Crippen LogP contribution in [0.4, 0.5) is 0 Å². The van der Waals surface area contributed by atoms with E-state index in [-0.39, 0.29) is 18.8 Å². The number of unbranched alkanes of at least 4 members (excludes halogenated alkanes) is 1. The summed E-state index contributed by atoms with van der Waals surface area (Å²) in [7, 11) is 0. The molecule has 0 aromatic rings. The quantitative estimate of drug-likeness (QED) is 0.552. The van der Waals surface area contributed by atoms with E-state index in [0.717, 1.165) is 19.4 Å². The van der Waals surface area contributed by atoms with E-state index in [4.69, 9.17) is 19.3 Å². The summed E-state index contributed by atoms with van der Waals surface area (Å²) in [6.07, 6.45) is 2.15. The highest BCUT2D eigenvalue weighted by Gasteiger charge is 2.07. The Morgan fingerprint density at radius 3 is 2.31 bits per heavy atom. The SMILES string of the molecule is CCCCOCCOCC(C)OC(C)CO. The number of aliphatic hydroxyl groups is 1. The zero-order chi connectivity index (χ0) is 12.2. The number of hydrogen-bond acceptors (Lipinski definition) is 4. The van der Waals surface area contributed by atoms with Gasteiger partial charge in [-0.25, -0.2) is 0 Å². The fourth-order valence-corrected chi connectivity index (χ4v) is 1.19. The Balaban J connectivity index is 3.18. The predicted octanol–water partition coefficient (Wildman–Crippen LogP) is 1.61. The molecule has 16 heavy (non-hydrogen) atoms. The van der Waals surface area contributed by atoms with Crippen LogP contribution in [0.25, 0.3) is 0 Å². The lowest BCUT2D eigenvalue weighted by Gasteiger charge is -2.17. The molecule has 1 N–H and O–H groups in total. The molecule has 0 aliphatic heterocycles. The summed E-state index contributed by atoms with van der Waals surface area (Å²) < 4.78 is 16.2. The highest BCUT2D eigenvalue weighted by molar-refractivity contribution is 4.52. The molecule has 2 unspecified atom stereocenters. The number of aliphatic hydroxyl groups excluding tert-OH is 1. The van der Waals surface area contributed by atoms with Crippen molar-refractivity contribution >= 4 is 0 Å². The highest BCUT2D eigenvalue weighted by Crippen LogP contribution is 1.98. The molecule has 0 radical (unpaired) electrons. The number of rotatable bonds is 11. The first kappa shape index (κ1) is 15.8. The summed E-state index contributed by atoms with van der Waals surface area (Å²) in [5, 5.41) is 8.79. The van der Waals surface area contributed by atoms with Crippen LogP contribution in [0.15, 0.2) is 0 Å². The third kappa shape index (κ3) is 10.4. The van der Waals surface area contributed by atoms with Gasteiger partial charge in [0.15, 0.2) is 0 Å². The van der Waals surface area contributed by atoms with Crippen molar-refractivity contribution in [3.8, 4) is 0 Å². The maximum atomic E-state index is 8.79. The van der Waals surface area contributed by atoms with Crippen LogP contribution < -0.4 is 0 Å². The minimum atomic E-state index is -0.126. The van der Waals surface area contributed by atoms with Crippen LogP contribution in [0.3, 0.4) is 0 Å². The monoisotopic (exact) mass is 234 g/mol. The van der Waals surface area contributed by atoms with Gasteiger partial charge in [0.2, 0.25) is 0 Å². The van der Waals surface area contributed by atoms with Crippen molar-refractivity contribution in [1.82, 2.24) is 0 Å². The van der Waals surface area contributed by atoms with Crippen molar-refractivity contribution in [1.29, 1.82) is 0 Å². The molecule has 0 amide bonds. The molecule has 0 heterocycles. The third-order valence-corrected chi connectivity index (χ3v) is 2.09. The van der Waals surface area contributed by atoms with Gasteiger partial charge in [-0.2, -0.15) is 0 Å². The lowest BCUT2D eigenvalue weighted by atomic mass is 10.4. The summed E-state index contributed by atoms with van der Waals surface area (Å²) in [5.41, 5.74) is 0. The predicted molar refractivity (Wildman–Crippen MR) is 63.6 cm³/mol. The van der Waals surface area contributed by atoms with Crippen LogP contribution in [0.1, 0.15) is 33.6 Å². The van der Waals surface area contributed by atoms with Gasteiger partial charge >= 0.3 is 0 Å². The molecule has 0 bridgehead atoms. The van der Waals surface area contributed by atoms with Crippen LogP contribution in [-0.2, 0) is 14.2 Å². The van der Waals surface area contributed by atoms with Gasteiger partial charge in [0.05, 0.1) is 38.6 Å². The maximum absolute atomic E-state index is 8.79. The minimum Gasteiger partial charge on any atom is -0.394 e.